The minimum absolute atomic E-state index is 0.0317. The number of amides is 2. The lowest BCUT2D eigenvalue weighted by Crippen LogP contribution is -2.51. The van der Waals surface area contributed by atoms with Crippen LogP contribution in [-0.2, 0) is 4.79 Å². The van der Waals surface area contributed by atoms with Crippen molar-refractivity contribution in [3.63, 3.8) is 0 Å². The molecule has 1 aliphatic heterocycles. The Morgan fingerprint density at radius 2 is 1.72 bits per heavy atom. The Hall–Kier alpha value is -3.08. The van der Waals surface area contributed by atoms with E-state index in [9.17, 15) is 9.59 Å². The van der Waals surface area contributed by atoms with Crippen molar-refractivity contribution in [1.29, 1.82) is 0 Å². The van der Waals surface area contributed by atoms with Crippen LogP contribution >= 0.6 is 0 Å². The van der Waals surface area contributed by atoms with Gasteiger partial charge in [-0.25, -0.2) is 0 Å². The van der Waals surface area contributed by atoms with Crippen molar-refractivity contribution < 1.29 is 14.0 Å². The minimum Gasteiger partial charge on any atom is -0.451 e. The maximum atomic E-state index is 13.1. The summed E-state index contributed by atoms with van der Waals surface area (Å²) in [6.07, 6.45) is 0. The zero-order valence-electron chi connectivity index (χ0n) is 14.1. The average molecular weight is 334 g/mol. The second kappa shape index (κ2) is 5.77. The first-order chi connectivity index (χ1) is 12.1. The molecule has 1 atom stereocenters. The van der Waals surface area contributed by atoms with Gasteiger partial charge >= 0.3 is 0 Å². The van der Waals surface area contributed by atoms with Crippen molar-refractivity contribution >= 4 is 34.2 Å². The molecule has 2 amide bonds. The highest BCUT2D eigenvalue weighted by Gasteiger charge is 2.34. The maximum absolute atomic E-state index is 13.1. The molecular formula is C20H18N2O3. The van der Waals surface area contributed by atoms with E-state index < -0.39 is 0 Å². The second-order valence-corrected chi connectivity index (χ2v) is 6.29. The molecule has 4 rings (SSSR count). The van der Waals surface area contributed by atoms with E-state index >= 15 is 0 Å². The number of para-hydroxylation sites is 3. The number of carbonyl (C=O) groups excluding carboxylic acids is 2. The standard InChI is InChI=1S/C20H18N2O3/c1-13-12-21(16-8-4-5-9-17(16)22(13)14(2)23)20(24)19-11-15-7-3-6-10-18(15)25-19/h3-11,13H,12H2,1-2H3. The van der Waals surface area contributed by atoms with Crippen LogP contribution in [0.15, 0.2) is 59.0 Å². The van der Waals surface area contributed by atoms with Crippen molar-refractivity contribution in [1.82, 2.24) is 0 Å². The van der Waals surface area contributed by atoms with Gasteiger partial charge in [0.15, 0.2) is 5.76 Å². The first kappa shape index (κ1) is 15.4. The molecule has 5 nitrogen and oxygen atoms in total. The number of hydrogen-bond donors (Lipinski definition) is 0. The largest absolute Gasteiger partial charge is 0.451 e. The number of anilines is 2. The third-order valence-corrected chi connectivity index (χ3v) is 4.54. The van der Waals surface area contributed by atoms with Crippen LogP contribution in [0, 0.1) is 0 Å². The van der Waals surface area contributed by atoms with Crippen LogP contribution in [0.3, 0.4) is 0 Å². The van der Waals surface area contributed by atoms with Gasteiger partial charge in [0.2, 0.25) is 5.91 Å². The Labute approximate surface area is 145 Å². The predicted molar refractivity (Wildman–Crippen MR) is 97.0 cm³/mol. The van der Waals surface area contributed by atoms with E-state index in [4.69, 9.17) is 4.42 Å². The molecule has 1 unspecified atom stereocenters. The predicted octanol–water partition coefficient (Wildman–Crippen LogP) is 3.83. The van der Waals surface area contributed by atoms with Crippen LogP contribution in [0.1, 0.15) is 24.4 Å². The third kappa shape index (κ3) is 2.48. The molecule has 0 saturated carbocycles. The summed E-state index contributed by atoms with van der Waals surface area (Å²) < 4.78 is 5.74. The Morgan fingerprint density at radius 3 is 2.44 bits per heavy atom. The molecule has 25 heavy (non-hydrogen) atoms. The number of rotatable bonds is 1. The van der Waals surface area contributed by atoms with E-state index in [2.05, 4.69) is 0 Å². The molecule has 2 aromatic carbocycles. The molecule has 1 aromatic heterocycles. The molecule has 0 saturated heterocycles. The average Bonchev–Trinajstić information content (AvgIpc) is 3.04. The summed E-state index contributed by atoms with van der Waals surface area (Å²) in [5.41, 5.74) is 2.16. The highest BCUT2D eigenvalue weighted by molar-refractivity contribution is 6.10. The monoisotopic (exact) mass is 334 g/mol. The molecule has 0 aliphatic carbocycles. The van der Waals surface area contributed by atoms with Crippen LogP contribution in [0.25, 0.3) is 11.0 Å². The zero-order chi connectivity index (χ0) is 17.6. The second-order valence-electron chi connectivity index (χ2n) is 6.29. The van der Waals surface area contributed by atoms with E-state index in [1.807, 2.05) is 55.5 Å². The first-order valence-corrected chi connectivity index (χ1v) is 8.25. The fourth-order valence-corrected chi connectivity index (χ4v) is 3.47. The Bertz CT molecular complexity index is 943. The SMILES string of the molecule is CC(=O)N1c2ccccc2N(C(=O)c2cc3ccccc3o2)CC1C. The number of hydrogen-bond acceptors (Lipinski definition) is 3. The summed E-state index contributed by atoms with van der Waals surface area (Å²) in [6.45, 7) is 3.91. The lowest BCUT2D eigenvalue weighted by molar-refractivity contribution is -0.117. The van der Waals surface area contributed by atoms with Gasteiger partial charge in [-0.1, -0.05) is 30.3 Å². The Kier molecular flexibility index (Phi) is 3.57. The summed E-state index contributed by atoms with van der Waals surface area (Å²) in [4.78, 5) is 28.5. The third-order valence-electron chi connectivity index (χ3n) is 4.54. The van der Waals surface area contributed by atoms with Gasteiger partial charge in [0, 0.05) is 18.9 Å². The molecule has 5 heteroatoms. The molecule has 0 bridgehead atoms. The summed E-state index contributed by atoms with van der Waals surface area (Å²) in [5.74, 6) is 0.0777. The van der Waals surface area contributed by atoms with Gasteiger partial charge in [0.1, 0.15) is 5.58 Å². The molecule has 126 valence electrons. The molecule has 1 aliphatic rings. The lowest BCUT2D eigenvalue weighted by atomic mass is 10.1. The van der Waals surface area contributed by atoms with Crippen molar-refractivity contribution in [2.45, 2.75) is 19.9 Å². The van der Waals surface area contributed by atoms with Crippen LogP contribution in [-0.4, -0.2) is 24.4 Å². The molecular weight excluding hydrogens is 316 g/mol. The maximum Gasteiger partial charge on any atom is 0.294 e. The first-order valence-electron chi connectivity index (χ1n) is 8.25. The number of carbonyl (C=O) groups is 2. The van der Waals surface area contributed by atoms with Crippen LogP contribution < -0.4 is 9.80 Å². The number of nitrogens with zero attached hydrogens (tertiary/aromatic N) is 2. The summed E-state index contributed by atoms with van der Waals surface area (Å²) >= 11 is 0. The molecule has 0 N–H and O–H groups in total. The zero-order valence-corrected chi connectivity index (χ0v) is 14.1. The Morgan fingerprint density at radius 1 is 1.04 bits per heavy atom. The van der Waals surface area contributed by atoms with E-state index in [1.165, 1.54) is 0 Å². The van der Waals surface area contributed by atoms with E-state index in [0.717, 1.165) is 16.8 Å². The van der Waals surface area contributed by atoms with Gasteiger partial charge in [-0.3, -0.25) is 9.59 Å². The Balaban J connectivity index is 1.78. The quantitative estimate of drug-likeness (QED) is 0.679. The highest BCUT2D eigenvalue weighted by Crippen LogP contribution is 2.36. The van der Waals surface area contributed by atoms with Crippen molar-refractivity contribution in [3.8, 4) is 0 Å². The summed E-state index contributed by atoms with van der Waals surface area (Å²) in [5, 5.41) is 0.898. The number of benzene rings is 2. The fourth-order valence-electron chi connectivity index (χ4n) is 3.47. The van der Waals surface area contributed by atoms with E-state index in [-0.39, 0.29) is 17.9 Å². The van der Waals surface area contributed by atoms with Gasteiger partial charge in [-0.05, 0) is 31.2 Å². The fraction of sp³-hybridized carbons (Fsp3) is 0.200. The molecule has 0 radical (unpaired) electrons. The van der Waals surface area contributed by atoms with E-state index in [0.29, 0.717) is 17.9 Å². The van der Waals surface area contributed by atoms with Gasteiger partial charge < -0.3 is 14.2 Å². The van der Waals surface area contributed by atoms with Crippen molar-refractivity contribution in [3.05, 3.63) is 60.4 Å². The normalized spacial score (nSPS) is 16.8. The smallest absolute Gasteiger partial charge is 0.294 e. The van der Waals surface area contributed by atoms with E-state index in [1.54, 1.807) is 22.8 Å². The van der Waals surface area contributed by atoms with Crippen LogP contribution in [0.5, 0.6) is 0 Å². The van der Waals surface area contributed by atoms with Crippen molar-refractivity contribution in [2.75, 3.05) is 16.3 Å². The minimum atomic E-state index is -0.196. The summed E-state index contributed by atoms with van der Waals surface area (Å²) in [7, 11) is 0. The summed E-state index contributed by atoms with van der Waals surface area (Å²) in [6, 6.07) is 16.7. The number of furan rings is 1. The van der Waals surface area contributed by atoms with Crippen LogP contribution in [0.4, 0.5) is 11.4 Å². The molecule has 0 fully saturated rings. The molecule has 3 aromatic rings. The van der Waals surface area contributed by atoms with Gasteiger partial charge in [0.05, 0.1) is 17.4 Å². The van der Waals surface area contributed by atoms with Crippen LogP contribution in [0.2, 0.25) is 0 Å². The number of fused-ring (bicyclic) bond motifs is 2. The lowest BCUT2D eigenvalue weighted by Gasteiger charge is -2.40. The highest BCUT2D eigenvalue weighted by atomic mass is 16.3. The van der Waals surface area contributed by atoms with Gasteiger partial charge in [0.25, 0.3) is 5.91 Å². The molecule has 0 spiro atoms. The topological polar surface area (TPSA) is 53.8 Å². The van der Waals surface area contributed by atoms with Gasteiger partial charge in [-0.2, -0.15) is 0 Å². The van der Waals surface area contributed by atoms with Crippen molar-refractivity contribution in [2.24, 2.45) is 0 Å². The van der Waals surface area contributed by atoms with Gasteiger partial charge in [-0.15, -0.1) is 0 Å². The molecule has 2 heterocycles.